The molecule has 3 heterocycles. The number of aliphatic hydroxyl groups excluding tert-OH is 1. The van der Waals surface area contributed by atoms with Crippen molar-refractivity contribution in [2.24, 2.45) is 0 Å². The number of carboxylic acid groups (broad SMARTS) is 1. The van der Waals surface area contributed by atoms with Gasteiger partial charge in [-0.1, -0.05) is 0 Å². The molecule has 0 radical (unpaired) electrons. The van der Waals surface area contributed by atoms with Gasteiger partial charge < -0.3 is 10.2 Å². The lowest BCUT2D eigenvalue weighted by atomic mass is 10.2. The zero-order chi connectivity index (χ0) is 17.3. The van der Waals surface area contributed by atoms with Crippen molar-refractivity contribution < 1.29 is 15.0 Å². The predicted octanol–water partition coefficient (Wildman–Crippen LogP) is 3.31. The van der Waals surface area contributed by atoms with Gasteiger partial charge in [-0.15, -0.1) is 22.7 Å². The second-order valence-electron chi connectivity index (χ2n) is 5.29. The Morgan fingerprint density at radius 3 is 2.71 bits per heavy atom. The number of carbonyl (C=O) groups is 1. The number of aromatic nitrogens is 3. The van der Waals surface area contributed by atoms with Crippen LogP contribution in [-0.4, -0.2) is 31.1 Å². The molecule has 0 aliphatic rings. The first-order valence-electron chi connectivity index (χ1n) is 7.22. The number of hydrogen-bond acceptors (Lipinski definition) is 7. The SMILES string of the molecule is Cc1nc(C(C)O)sc1-c1csc(Cc2ccc(C(=O)O)cn2)n1. The van der Waals surface area contributed by atoms with E-state index >= 15 is 0 Å². The van der Waals surface area contributed by atoms with Crippen LogP contribution in [0.25, 0.3) is 10.6 Å². The quantitative estimate of drug-likeness (QED) is 0.724. The third-order valence-corrected chi connectivity index (χ3v) is 5.56. The number of pyridine rings is 1. The van der Waals surface area contributed by atoms with Crippen LogP contribution in [0.4, 0.5) is 0 Å². The molecular formula is C16H15N3O3S2. The van der Waals surface area contributed by atoms with Gasteiger partial charge in [0.1, 0.15) is 11.1 Å². The van der Waals surface area contributed by atoms with E-state index in [2.05, 4.69) is 15.0 Å². The Morgan fingerprint density at radius 2 is 2.12 bits per heavy atom. The van der Waals surface area contributed by atoms with Crippen molar-refractivity contribution in [2.75, 3.05) is 0 Å². The summed E-state index contributed by atoms with van der Waals surface area (Å²) in [6, 6.07) is 3.25. The van der Waals surface area contributed by atoms with E-state index in [1.54, 1.807) is 19.1 Å². The van der Waals surface area contributed by atoms with Gasteiger partial charge in [-0.3, -0.25) is 4.98 Å². The Hall–Kier alpha value is -2.16. The van der Waals surface area contributed by atoms with E-state index < -0.39 is 12.1 Å². The summed E-state index contributed by atoms with van der Waals surface area (Å²) in [5.74, 6) is -0.986. The first-order chi connectivity index (χ1) is 11.4. The van der Waals surface area contributed by atoms with Crippen molar-refractivity contribution in [1.29, 1.82) is 0 Å². The highest BCUT2D eigenvalue weighted by molar-refractivity contribution is 7.16. The maximum atomic E-state index is 10.8. The molecule has 0 aliphatic heterocycles. The fraction of sp³-hybridized carbons (Fsp3) is 0.250. The van der Waals surface area contributed by atoms with E-state index in [-0.39, 0.29) is 5.56 Å². The van der Waals surface area contributed by atoms with Crippen molar-refractivity contribution in [3.05, 3.63) is 50.7 Å². The van der Waals surface area contributed by atoms with Gasteiger partial charge in [0.25, 0.3) is 0 Å². The van der Waals surface area contributed by atoms with Crippen molar-refractivity contribution in [2.45, 2.75) is 26.4 Å². The molecule has 3 rings (SSSR count). The maximum absolute atomic E-state index is 10.8. The Balaban J connectivity index is 1.79. The number of aliphatic hydroxyl groups is 1. The van der Waals surface area contributed by atoms with E-state index in [9.17, 15) is 9.90 Å². The average Bonchev–Trinajstić information content (AvgIpc) is 3.14. The van der Waals surface area contributed by atoms with Crippen LogP contribution in [-0.2, 0) is 6.42 Å². The number of hydrogen-bond donors (Lipinski definition) is 2. The Labute approximate surface area is 146 Å². The lowest BCUT2D eigenvalue weighted by Gasteiger charge is -1.98. The molecule has 2 N–H and O–H groups in total. The molecule has 6 nitrogen and oxygen atoms in total. The van der Waals surface area contributed by atoms with Crippen LogP contribution in [0.3, 0.4) is 0 Å². The molecule has 124 valence electrons. The van der Waals surface area contributed by atoms with Gasteiger partial charge in [0.2, 0.25) is 0 Å². The minimum Gasteiger partial charge on any atom is -0.478 e. The molecule has 0 spiro atoms. The van der Waals surface area contributed by atoms with E-state index in [4.69, 9.17) is 5.11 Å². The molecule has 24 heavy (non-hydrogen) atoms. The van der Waals surface area contributed by atoms with Crippen LogP contribution in [0.2, 0.25) is 0 Å². The average molecular weight is 361 g/mol. The summed E-state index contributed by atoms with van der Waals surface area (Å²) in [6.45, 7) is 3.60. The number of carboxylic acids is 1. The van der Waals surface area contributed by atoms with Crippen LogP contribution in [0.15, 0.2) is 23.7 Å². The molecule has 0 fully saturated rings. The highest BCUT2D eigenvalue weighted by Crippen LogP contribution is 2.33. The van der Waals surface area contributed by atoms with Crippen molar-refractivity contribution >= 4 is 28.6 Å². The molecule has 8 heteroatoms. The molecule has 0 aliphatic carbocycles. The predicted molar refractivity (Wildman–Crippen MR) is 92.6 cm³/mol. The highest BCUT2D eigenvalue weighted by atomic mass is 32.1. The highest BCUT2D eigenvalue weighted by Gasteiger charge is 2.15. The van der Waals surface area contributed by atoms with E-state index in [0.717, 1.165) is 27.0 Å². The lowest BCUT2D eigenvalue weighted by molar-refractivity contribution is 0.0696. The molecule has 0 amide bonds. The molecular weight excluding hydrogens is 346 g/mol. The fourth-order valence-corrected chi connectivity index (χ4v) is 3.98. The van der Waals surface area contributed by atoms with Gasteiger partial charge in [0, 0.05) is 23.7 Å². The van der Waals surface area contributed by atoms with Gasteiger partial charge in [-0.25, -0.2) is 14.8 Å². The van der Waals surface area contributed by atoms with Crippen molar-refractivity contribution in [3.8, 4) is 10.6 Å². The summed E-state index contributed by atoms with van der Waals surface area (Å²) >= 11 is 2.97. The van der Waals surface area contributed by atoms with Crippen LogP contribution < -0.4 is 0 Å². The normalized spacial score (nSPS) is 12.3. The summed E-state index contributed by atoms with van der Waals surface area (Å²) in [4.78, 5) is 25.0. The Morgan fingerprint density at radius 1 is 1.33 bits per heavy atom. The maximum Gasteiger partial charge on any atom is 0.337 e. The number of thiazole rings is 2. The number of nitrogens with zero attached hydrogens (tertiary/aromatic N) is 3. The standard InChI is InChI=1S/C16H15N3O3S2/c1-8-14(24-15(18-8)9(2)20)12-7-23-13(19-12)5-11-4-3-10(6-17-11)16(21)22/h3-4,6-7,9,20H,5H2,1-2H3,(H,21,22). The van der Waals surface area contributed by atoms with Crippen LogP contribution in [0.5, 0.6) is 0 Å². The molecule has 1 atom stereocenters. The van der Waals surface area contributed by atoms with E-state index in [1.165, 1.54) is 28.9 Å². The zero-order valence-corrected chi connectivity index (χ0v) is 14.7. The molecule has 3 aromatic heterocycles. The minimum absolute atomic E-state index is 0.171. The van der Waals surface area contributed by atoms with Gasteiger partial charge in [0.05, 0.1) is 26.8 Å². The Kier molecular flexibility index (Phi) is 4.70. The smallest absolute Gasteiger partial charge is 0.337 e. The topological polar surface area (TPSA) is 96.2 Å². The third-order valence-electron chi connectivity index (χ3n) is 3.36. The van der Waals surface area contributed by atoms with Crippen LogP contribution in [0, 0.1) is 6.92 Å². The van der Waals surface area contributed by atoms with Gasteiger partial charge >= 0.3 is 5.97 Å². The molecule has 0 bridgehead atoms. The summed E-state index contributed by atoms with van der Waals surface area (Å²) in [5.41, 5.74) is 2.65. The molecule has 0 saturated carbocycles. The summed E-state index contributed by atoms with van der Waals surface area (Å²) in [6.07, 6.45) is 1.32. The second-order valence-corrected chi connectivity index (χ2v) is 7.26. The Bertz CT molecular complexity index is 869. The first kappa shape index (κ1) is 16.7. The van der Waals surface area contributed by atoms with E-state index in [0.29, 0.717) is 11.4 Å². The van der Waals surface area contributed by atoms with Crippen molar-refractivity contribution in [1.82, 2.24) is 15.0 Å². The van der Waals surface area contributed by atoms with Crippen LogP contribution >= 0.6 is 22.7 Å². The zero-order valence-electron chi connectivity index (χ0n) is 13.1. The second kappa shape index (κ2) is 6.76. The summed E-state index contributed by atoms with van der Waals surface area (Å²) in [7, 11) is 0. The van der Waals surface area contributed by atoms with Gasteiger partial charge in [0.15, 0.2) is 0 Å². The van der Waals surface area contributed by atoms with Gasteiger partial charge in [-0.2, -0.15) is 0 Å². The fourth-order valence-electron chi connectivity index (χ4n) is 2.14. The molecule has 0 saturated heterocycles. The largest absolute Gasteiger partial charge is 0.478 e. The van der Waals surface area contributed by atoms with Crippen molar-refractivity contribution in [3.63, 3.8) is 0 Å². The summed E-state index contributed by atoms with van der Waals surface area (Å²) < 4.78 is 0. The number of aryl methyl sites for hydroxylation is 1. The van der Waals surface area contributed by atoms with E-state index in [1.807, 2.05) is 12.3 Å². The number of rotatable bonds is 5. The number of aromatic carboxylic acids is 1. The minimum atomic E-state index is -0.986. The monoisotopic (exact) mass is 361 g/mol. The van der Waals surface area contributed by atoms with Gasteiger partial charge in [-0.05, 0) is 26.0 Å². The third kappa shape index (κ3) is 3.50. The molecule has 3 aromatic rings. The van der Waals surface area contributed by atoms with Crippen LogP contribution in [0.1, 0.15) is 44.8 Å². The first-order valence-corrected chi connectivity index (χ1v) is 8.92. The lowest BCUT2D eigenvalue weighted by Crippen LogP contribution is -1.99. The molecule has 1 unspecified atom stereocenters. The summed E-state index contributed by atoms with van der Waals surface area (Å²) in [5, 5.41) is 22.1. The molecule has 0 aromatic carbocycles.